The number of nitrogens with one attached hydrogen (secondary N) is 1. The second-order valence-corrected chi connectivity index (χ2v) is 5.87. The molecule has 17 heavy (non-hydrogen) atoms. The van der Waals surface area contributed by atoms with Crippen LogP contribution in [0.15, 0.2) is 23.7 Å². The fourth-order valence-electron chi connectivity index (χ4n) is 1.78. The SMILES string of the molecule is CC(Cn1ccnc1)NC1=NC(C(C)C)CS1. The van der Waals surface area contributed by atoms with Gasteiger partial charge in [-0.3, -0.25) is 4.99 Å². The summed E-state index contributed by atoms with van der Waals surface area (Å²) < 4.78 is 2.08. The van der Waals surface area contributed by atoms with Crippen molar-refractivity contribution in [1.29, 1.82) is 0 Å². The number of hydrogen-bond acceptors (Lipinski definition) is 4. The molecule has 5 heteroatoms. The lowest BCUT2D eigenvalue weighted by Gasteiger charge is -2.14. The second kappa shape index (κ2) is 5.58. The van der Waals surface area contributed by atoms with E-state index in [2.05, 4.69) is 35.6 Å². The fraction of sp³-hybridized carbons (Fsp3) is 0.667. The normalized spacial score (nSPS) is 21.6. The van der Waals surface area contributed by atoms with Crippen molar-refractivity contribution in [3.8, 4) is 0 Å². The molecule has 0 amide bonds. The highest BCUT2D eigenvalue weighted by Gasteiger charge is 2.21. The van der Waals surface area contributed by atoms with E-state index in [0.717, 1.165) is 17.5 Å². The van der Waals surface area contributed by atoms with E-state index in [9.17, 15) is 0 Å². The van der Waals surface area contributed by atoms with E-state index in [1.807, 2.05) is 30.5 Å². The molecule has 1 aliphatic rings. The molecular formula is C12H20N4S. The van der Waals surface area contributed by atoms with Gasteiger partial charge in [0.05, 0.1) is 12.4 Å². The summed E-state index contributed by atoms with van der Waals surface area (Å²) in [6.45, 7) is 7.55. The van der Waals surface area contributed by atoms with Gasteiger partial charge in [-0.15, -0.1) is 0 Å². The standard InChI is InChI=1S/C12H20N4S/c1-9(2)11-7-17-12(15-11)14-10(3)6-16-5-4-13-8-16/h4-5,8-11H,6-7H2,1-3H3,(H,14,15). The zero-order chi connectivity index (χ0) is 12.3. The van der Waals surface area contributed by atoms with E-state index in [1.165, 1.54) is 0 Å². The maximum absolute atomic E-state index is 4.70. The average Bonchev–Trinajstić information content (AvgIpc) is 2.88. The molecular weight excluding hydrogens is 232 g/mol. The molecule has 0 saturated heterocycles. The highest BCUT2D eigenvalue weighted by Crippen LogP contribution is 2.22. The Labute approximate surface area is 107 Å². The predicted octanol–water partition coefficient (Wildman–Crippen LogP) is 1.99. The van der Waals surface area contributed by atoms with E-state index in [1.54, 1.807) is 0 Å². The number of amidine groups is 1. The molecule has 94 valence electrons. The molecule has 1 aromatic heterocycles. The van der Waals surface area contributed by atoms with Gasteiger partial charge in [0.1, 0.15) is 0 Å². The molecule has 4 nitrogen and oxygen atoms in total. The highest BCUT2D eigenvalue weighted by atomic mass is 32.2. The first-order valence-corrected chi connectivity index (χ1v) is 7.06. The van der Waals surface area contributed by atoms with Crippen molar-refractivity contribution in [2.75, 3.05) is 5.75 Å². The topological polar surface area (TPSA) is 42.2 Å². The summed E-state index contributed by atoms with van der Waals surface area (Å²) in [4.78, 5) is 8.74. The third-order valence-electron chi connectivity index (χ3n) is 2.86. The molecule has 0 fully saturated rings. The smallest absolute Gasteiger partial charge is 0.157 e. The minimum atomic E-state index is 0.376. The molecule has 2 unspecified atom stereocenters. The maximum atomic E-state index is 4.70. The number of nitrogens with zero attached hydrogens (tertiary/aromatic N) is 3. The monoisotopic (exact) mass is 252 g/mol. The van der Waals surface area contributed by atoms with Crippen molar-refractivity contribution in [2.45, 2.75) is 39.4 Å². The summed E-state index contributed by atoms with van der Waals surface area (Å²) in [6, 6.07) is 0.851. The van der Waals surface area contributed by atoms with Gasteiger partial charge < -0.3 is 9.88 Å². The number of rotatable bonds is 4. The van der Waals surface area contributed by atoms with Gasteiger partial charge in [-0.2, -0.15) is 0 Å². The average molecular weight is 252 g/mol. The molecule has 2 rings (SSSR count). The molecule has 2 heterocycles. The number of aliphatic imine (C=N–C) groups is 1. The first kappa shape index (κ1) is 12.5. The summed E-state index contributed by atoms with van der Waals surface area (Å²) >= 11 is 1.83. The van der Waals surface area contributed by atoms with E-state index < -0.39 is 0 Å². The van der Waals surface area contributed by atoms with Crippen LogP contribution in [0, 0.1) is 5.92 Å². The molecule has 0 saturated carbocycles. The van der Waals surface area contributed by atoms with Gasteiger partial charge in [-0.25, -0.2) is 4.98 Å². The van der Waals surface area contributed by atoms with Crippen LogP contribution < -0.4 is 5.32 Å². The number of hydrogen-bond donors (Lipinski definition) is 1. The third kappa shape index (κ3) is 3.49. The van der Waals surface area contributed by atoms with E-state index in [4.69, 9.17) is 4.99 Å². The lowest BCUT2D eigenvalue weighted by molar-refractivity contribution is 0.531. The summed E-state index contributed by atoms with van der Waals surface area (Å²) in [7, 11) is 0. The van der Waals surface area contributed by atoms with Gasteiger partial charge in [0.2, 0.25) is 0 Å². The second-order valence-electron chi connectivity index (χ2n) is 4.86. The van der Waals surface area contributed by atoms with Gasteiger partial charge in [-0.1, -0.05) is 25.6 Å². The van der Waals surface area contributed by atoms with Crippen LogP contribution in [0.1, 0.15) is 20.8 Å². The predicted molar refractivity (Wildman–Crippen MR) is 73.3 cm³/mol. The third-order valence-corrected chi connectivity index (χ3v) is 3.86. The minimum absolute atomic E-state index is 0.376. The molecule has 0 aliphatic carbocycles. The Bertz CT molecular complexity index is 372. The fourth-order valence-corrected chi connectivity index (χ4v) is 3.06. The van der Waals surface area contributed by atoms with Crippen LogP contribution in [0.4, 0.5) is 0 Å². The van der Waals surface area contributed by atoms with Crippen LogP contribution >= 0.6 is 11.8 Å². The quantitative estimate of drug-likeness (QED) is 0.891. The summed E-state index contributed by atoms with van der Waals surface area (Å²) in [6.07, 6.45) is 5.64. The lowest BCUT2D eigenvalue weighted by Crippen LogP contribution is -2.33. The number of imidazole rings is 1. The summed E-state index contributed by atoms with van der Waals surface area (Å²) in [5.41, 5.74) is 0. The Morgan fingerprint density at radius 3 is 2.94 bits per heavy atom. The van der Waals surface area contributed by atoms with Crippen LogP contribution in [0.2, 0.25) is 0 Å². The molecule has 1 N–H and O–H groups in total. The van der Waals surface area contributed by atoms with Gasteiger partial charge >= 0.3 is 0 Å². The van der Waals surface area contributed by atoms with Crippen molar-refractivity contribution >= 4 is 16.9 Å². The largest absolute Gasteiger partial charge is 0.361 e. The van der Waals surface area contributed by atoms with Crippen LogP contribution in [0.25, 0.3) is 0 Å². The Balaban J connectivity index is 1.83. The van der Waals surface area contributed by atoms with Crippen LogP contribution in [0.5, 0.6) is 0 Å². The van der Waals surface area contributed by atoms with Crippen molar-refractivity contribution in [3.05, 3.63) is 18.7 Å². The summed E-state index contributed by atoms with van der Waals surface area (Å²) in [5, 5.41) is 4.56. The molecule has 1 aromatic rings. The van der Waals surface area contributed by atoms with E-state index in [0.29, 0.717) is 18.0 Å². The highest BCUT2D eigenvalue weighted by molar-refractivity contribution is 8.14. The number of thioether (sulfide) groups is 1. The zero-order valence-corrected chi connectivity index (χ0v) is 11.4. The van der Waals surface area contributed by atoms with Crippen molar-refractivity contribution in [3.63, 3.8) is 0 Å². The van der Waals surface area contributed by atoms with Crippen LogP contribution in [-0.4, -0.2) is 32.6 Å². The van der Waals surface area contributed by atoms with Crippen LogP contribution in [0.3, 0.4) is 0 Å². The molecule has 0 radical (unpaired) electrons. The van der Waals surface area contributed by atoms with Crippen LogP contribution in [-0.2, 0) is 6.54 Å². The van der Waals surface area contributed by atoms with E-state index >= 15 is 0 Å². The molecule has 1 aliphatic heterocycles. The van der Waals surface area contributed by atoms with E-state index in [-0.39, 0.29) is 0 Å². The number of aromatic nitrogens is 2. The molecule has 0 bridgehead atoms. The zero-order valence-electron chi connectivity index (χ0n) is 10.6. The van der Waals surface area contributed by atoms with Gasteiger partial charge in [0.15, 0.2) is 5.17 Å². The lowest BCUT2D eigenvalue weighted by atomic mass is 10.1. The molecule has 2 atom stereocenters. The maximum Gasteiger partial charge on any atom is 0.157 e. The van der Waals surface area contributed by atoms with Crippen molar-refractivity contribution in [2.24, 2.45) is 10.9 Å². The summed E-state index contributed by atoms with van der Waals surface area (Å²) in [5.74, 6) is 1.74. The Kier molecular flexibility index (Phi) is 4.10. The Hall–Kier alpha value is -0.970. The Morgan fingerprint density at radius 2 is 2.35 bits per heavy atom. The molecule has 0 aromatic carbocycles. The molecule has 0 spiro atoms. The Morgan fingerprint density at radius 1 is 1.53 bits per heavy atom. The first-order valence-electron chi connectivity index (χ1n) is 6.08. The van der Waals surface area contributed by atoms with Crippen molar-refractivity contribution in [1.82, 2.24) is 14.9 Å². The van der Waals surface area contributed by atoms with Gasteiger partial charge in [0, 0.05) is 30.7 Å². The van der Waals surface area contributed by atoms with Gasteiger partial charge in [-0.05, 0) is 12.8 Å². The van der Waals surface area contributed by atoms with Crippen molar-refractivity contribution < 1.29 is 0 Å². The van der Waals surface area contributed by atoms with Gasteiger partial charge in [0.25, 0.3) is 0 Å². The first-order chi connectivity index (χ1) is 8.15. The minimum Gasteiger partial charge on any atom is -0.361 e.